The molecule has 0 radical (unpaired) electrons. The number of hydrogen-bond donors (Lipinski definition) is 0. The maximum atomic E-state index is 10.7. The van der Waals surface area contributed by atoms with Gasteiger partial charge in [-0.25, -0.2) is 0 Å². The molecule has 0 aliphatic carbocycles. The van der Waals surface area contributed by atoms with Crippen molar-refractivity contribution in [2.24, 2.45) is 0 Å². The Balaban J connectivity index is 2.19. The molecule has 0 heterocycles. The number of methoxy groups -OCH3 is 2. The van der Waals surface area contributed by atoms with Crippen molar-refractivity contribution in [3.05, 3.63) is 69.8 Å². The second-order valence-corrected chi connectivity index (χ2v) is 4.92. The fraction of sp³-hybridized carbons (Fsp3) is 0.294. The zero-order chi connectivity index (χ0) is 16.7. The standard InChI is InChI=1S/C17H19NO5/c1-21-15-9-8-14(17(22-2)11-18(19)20)10-16(15)23-12-13-6-4-3-5-7-13/h3-10,17H,11-12H2,1-2H3. The van der Waals surface area contributed by atoms with Crippen molar-refractivity contribution in [1.82, 2.24) is 0 Å². The maximum Gasteiger partial charge on any atom is 0.233 e. The van der Waals surface area contributed by atoms with Gasteiger partial charge >= 0.3 is 0 Å². The minimum absolute atomic E-state index is 0.305. The van der Waals surface area contributed by atoms with Gasteiger partial charge in [0.2, 0.25) is 6.54 Å². The summed E-state index contributed by atoms with van der Waals surface area (Å²) in [5, 5.41) is 10.7. The Hall–Kier alpha value is -2.60. The lowest BCUT2D eigenvalue weighted by atomic mass is 10.1. The van der Waals surface area contributed by atoms with Crippen LogP contribution in [-0.4, -0.2) is 25.7 Å². The van der Waals surface area contributed by atoms with Crippen LogP contribution in [0.5, 0.6) is 11.5 Å². The van der Waals surface area contributed by atoms with E-state index in [4.69, 9.17) is 14.2 Å². The molecule has 0 aliphatic rings. The molecule has 2 rings (SSSR count). The molecule has 0 saturated heterocycles. The fourth-order valence-electron chi connectivity index (χ4n) is 2.19. The van der Waals surface area contributed by atoms with Crippen LogP contribution in [0, 0.1) is 10.1 Å². The minimum Gasteiger partial charge on any atom is -0.493 e. The second kappa shape index (κ2) is 8.14. The summed E-state index contributed by atoms with van der Waals surface area (Å²) in [5.41, 5.74) is 1.70. The fourth-order valence-corrected chi connectivity index (χ4v) is 2.19. The number of hydrogen-bond acceptors (Lipinski definition) is 5. The molecule has 0 N–H and O–H groups in total. The highest BCUT2D eigenvalue weighted by molar-refractivity contribution is 5.43. The molecule has 2 aromatic rings. The van der Waals surface area contributed by atoms with Crippen molar-refractivity contribution < 1.29 is 19.1 Å². The van der Waals surface area contributed by atoms with Crippen molar-refractivity contribution in [3.8, 4) is 11.5 Å². The smallest absolute Gasteiger partial charge is 0.233 e. The molecule has 1 unspecified atom stereocenters. The Labute approximate surface area is 134 Å². The van der Waals surface area contributed by atoms with E-state index in [1.54, 1.807) is 25.3 Å². The van der Waals surface area contributed by atoms with E-state index < -0.39 is 11.0 Å². The summed E-state index contributed by atoms with van der Waals surface area (Å²) in [6.07, 6.45) is -0.630. The summed E-state index contributed by atoms with van der Waals surface area (Å²) in [6.45, 7) is 0.0779. The first kappa shape index (κ1) is 16.8. The quantitative estimate of drug-likeness (QED) is 0.552. The van der Waals surface area contributed by atoms with Crippen LogP contribution in [-0.2, 0) is 11.3 Å². The summed E-state index contributed by atoms with van der Waals surface area (Å²) >= 11 is 0. The van der Waals surface area contributed by atoms with E-state index in [2.05, 4.69) is 0 Å². The molecular weight excluding hydrogens is 298 g/mol. The molecule has 0 spiro atoms. The second-order valence-electron chi connectivity index (χ2n) is 4.92. The molecule has 0 aromatic heterocycles. The molecule has 23 heavy (non-hydrogen) atoms. The van der Waals surface area contributed by atoms with E-state index in [-0.39, 0.29) is 6.54 Å². The number of nitro groups is 1. The molecule has 0 bridgehead atoms. The van der Waals surface area contributed by atoms with E-state index in [0.717, 1.165) is 5.56 Å². The third-order valence-electron chi connectivity index (χ3n) is 3.40. The van der Waals surface area contributed by atoms with Crippen LogP contribution in [0.1, 0.15) is 17.2 Å². The first-order valence-corrected chi connectivity index (χ1v) is 7.13. The minimum atomic E-state index is -0.630. The van der Waals surface area contributed by atoms with Crippen LogP contribution >= 0.6 is 0 Å². The van der Waals surface area contributed by atoms with Gasteiger partial charge in [-0.05, 0) is 23.3 Å². The van der Waals surface area contributed by atoms with Crippen molar-refractivity contribution >= 4 is 0 Å². The van der Waals surface area contributed by atoms with Gasteiger partial charge in [-0.1, -0.05) is 36.4 Å². The molecule has 1 atom stereocenters. The van der Waals surface area contributed by atoms with Gasteiger partial charge < -0.3 is 14.2 Å². The summed E-state index contributed by atoms with van der Waals surface area (Å²) < 4.78 is 16.3. The molecule has 0 saturated carbocycles. The molecular formula is C17H19NO5. The molecule has 0 aliphatic heterocycles. The molecule has 2 aromatic carbocycles. The van der Waals surface area contributed by atoms with E-state index >= 15 is 0 Å². The Morgan fingerprint density at radius 1 is 1.09 bits per heavy atom. The maximum absolute atomic E-state index is 10.7. The van der Waals surface area contributed by atoms with Crippen molar-refractivity contribution in [2.75, 3.05) is 20.8 Å². The molecule has 6 nitrogen and oxygen atoms in total. The van der Waals surface area contributed by atoms with E-state index in [0.29, 0.717) is 23.7 Å². The summed E-state index contributed by atoms with van der Waals surface area (Å²) in [5.74, 6) is 1.10. The zero-order valence-electron chi connectivity index (χ0n) is 13.1. The lowest BCUT2D eigenvalue weighted by Gasteiger charge is -2.16. The predicted molar refractivity (Wildman–Crippen MR) is 85.4 cm³/mol. The number of nitrogens with zero attached hydrogens (tertiary/aromatic N) is 1. The van der Waals surface area contributed by atoms with Crippen LogP contribution in [0.4, 0.5) is 0 Å². The Bertz CT molecular complexity index is 645. The van der Waals surface area contributed by atoms with Gasteiger partial charge in [0.25, 0.3) is 0 Å². The highest BCUT2D eigenvalue weighted by Gasteiger charge is 2.19. The lowest BCUT2D eigenvalue weighted by Crippen LogP contribution is -2.14. The van der Waals surface area contributed by atoms with Crippen LogP contribution in [0.2, 0.25) is 0 Å². The summed E-state index contributed by atoms with van der Waals surface area (Å²) in [4.78, 5) is 10.3. The number of rotatable bonds is 8. The summed E-state index contributed by atoms with van der Waals surface area (Å²) in [6, 6.07) is 14.9. The highest BCUT2D eigenvalue weighted by Crippen LogP contribution is 2.32. The van der Waals surface area contributed by atoms with Gasteiger partial charge in [0, 0.05) is 12.0 Å². The Morgan fingerprint density at radius 3 is 2.43 bits per heavy atom. The number of ether oxygens (including phenoxy) is 3. The van der Waals surface area contributed by atoms with E-state index in [1.165, 1.54) is 7.11 Å². The normalized spacial score (nSPS) is 11.7. The highest BCUT2D eigenvalue weighted by atomic mass is 16.6. The monoisotopic (exact) mass is 317 g/mol. The van der Waals surface area contributed by atoms with E-state index in [9.17, 15) is 10.1 Å². The molecule has 122 valence electrons. The molecule has 0 amide bonds. The Kier molecular flexibility index (Phi) is 5.94. The van der Waals surface area contributed by atoms with Gasteiger partial charge in [-0.15, -0.1) is 0 Å². The first-order chi connectivity index (χ1) is 11.1. The summed E-state index contributed by atoms with van der Waals surface area (Å²) in [7, 11) is 3.00. The van der Waals surface area contributed by atoms with Crippen molar-refractivity contribution in [3.63, 3.8) is 0 Å². The van der Waals surface area contributed by atoms with Gasteiger partial charge in [-0.3, -0.25) is 10.1 Å². The van der Waals surface area contributed by atoms with Crippen LogP contribution in [0.3, 0.4) is 0 Å². The topological polar surface area (TPSA) is 70.8 Å². The predicted octanol–water partition coefficient (Wildman–Crippen LogP) is 3.24. The lowest BCUT2D eigenvalue weighted by molar-refractivity contribution is -0.492. The molecule has 6 heteroatoms. The van der Waals surface area contributed by atoms with Gasteiger partial charge in [0.1, 0.15) is 12.7 Å². The van der Waals surface area contributed by atoms with Crippen LogP contribution in [0.15, 0.2) is 48.5 Å². The van der Waals surface area contributed by atoms with Gasteiger partial charge in [0.05, 0.1) is 7.11 Å². The largest absolute Gasteiger partial charge is 0.493 e. The van der Waals surface area contributed by atoms with Gasteiger partial charge in [-0.2, -0.15) is 0 Å². The Morgan fingerprint density at radius 2 is 1.83 bits per heavy atom. The average Bonchev–Trinajstić information content (AvgIpc) is 2.58. The van der Waals surface area contributed by atoms with Crippen molar-refractivity contribution in [2.45, 2.75) is 12.7 Å². The van der Waals surface area contributed by atoms with E-state index in [1.807, 2.05) is 30.3 Å². The number of benzene rings is 2. The van der Waals surface area contributed by atoms with Gasteiger partial charge in [0.15, 0.2) is 11.5 Å². The van der Waals surface area contributed by atoms with Crippen molar-refractivity contribution in [1.29, 1.82) is 0 Å². The zero-order valence-corrected chi connectivity index (χ0v) is 13.1. The SMILES string of the molecule is COc1ccc(C(C[N+](=O)[O-])OC)cc1OCc1ccccc1. The van der Waals surface area contributed by atoms with Crippen LogP contribution in [0.25, 0.3) is 0 Å². The van der Waals surface area contributed by atoms with Crippen LogP contribution < -0.4 is 9.47 Å². The third kappa shape index (κ3) is 4.69. The third-order valence-corrected chi connectivity index (χ3v) is 3.40. The first-order valence-electron chi connectivity index (χ1n) is 7.13. The average molecular weight is 317 g/mol. The molecule has 0 fully saturated rings.